The number of carboxylic acids is 1. The van der Waals surface area contributed by atoms with E-state index in [0.717, 1.165) is 0 Å². The van der Waals surface area contributed by atoms with E-state index >= 15 is 0 Å². The van der Waals surface area contributed by atoms with E-state index in [-0.39, 0.29) is 5.75 Å². The highest BCUT2D eigenvalue weighted by Gasteiger charge is 2.06. The number of rotatable bonds is 3. The highest BCUT2D eigenvalue weighted by Crippen LogP contribution is 2.13. The van der Waals surface area contributed by atoms with Gasteiger partial charge in [0.15, 0.2) is 5.16 Å². The van der Waals surface area contributed by atoms with E-state index in [2.05, 4.69) is 10.1 Å². The summed E-state index contributed by atoms with van der Waals surface area (Å²) in [7, 11) is 1.74. The molecule has 66 valence electrons. The van der Waals surface area contributed by atoms with Gasteiger partial charge in [0.25, 0.3) is 0 Å². The minimum absolute atomic E-state index is 0.0198. The Labute approximate surface area is 73.8 Å². The van der Waals surface area contributed by atoms with Crippen LogP contribution in [0, 0.1) is 6.92 Å². The summed E-state index contributed by atoms with van der Waals surface area (Å²) in [6.07, 6.45) is 0. The zero-order chi connectivity index (χ0) is 9.14. The second kappa shape index (κ2) is 3.57. The van der Waals surface area contributed by atoms with Crippen LogP contribution in [0.15, 0.2) is 5.16 Å². The maximum atomic E-state index is 10.2. The average molecular weight is 187 g/mol. The van der Waals surface area contributed by atoms with Crippen molar-refractivity contribution in [1.29, 1.82) is 0 Å². The summed E-state index contributed by atoms with van der Waals surface area (Å²) in [6, 6.07) is 0. The zero-order valence-corrected chi connectivity index (χ0v) is 7.63. The van der Waals surface area contributed by atoms with E-state index in [4.69, 9.17) is 5.11 Å². The van der Waals surface area contributed by atoms with Gasteiger partial charge in [-0.3, -0.25) is 4.79 Å². The fourth-order valence-corrected chi connectivity index (χ4v) is 1.42. The van der Waals surface area contributed by atoms with E-state index in [0.29, 0.717) is 11.0 Å². The first-order valence-corrected chi connectivity index (χ1v) is 4.30. The van der Waals surface area contributed by atoms with Gasteiger partial charge in [0.1, 0.15) is 5.82 Å². The summed E-state index contributed by atoms with van der Waals surface area (Å²) < 4.78 is 1.57. The lowest BCUT2D eigenvalue weighted by molar-refractivity contribution is -0.133. The molecule has 0 aliphatic rings. The molecule has 12 heavy (non-hydrogen) atoms. The Balaban J connectivity index is 2.62. The molecule has 0 fully saturated rings. The highest BCUT2D eigenvalue weighted by atomic mass is 32.2. The third kappa shape index (κ3) is 2.23. The zero-order valence-electron chi connectivity index (χ0n) is 6.81. The van der Waals surface area contributed by atoms with Crippen molar-refractivity contribution in [3.8, 4) is 0 Å². The molecule has 0 aromatic carbocycles. The molecular weight excluding hydrogens is 178 g/mol. The first-order valence-electron chi connectivity index (χ1n) is 3.32. The van der Waals surface area contributed by atoms with Crippen molar-refractivity contribution in [2.75, 3.05) is 5.75 Å². The van der Waals surface area contributed by atoms with Crippen molar-refractivity contribution in [3.05, 3.63) is 5.82 Å². The lowest BCUT2D eigenvalue weighted by atomic mass is 10.8. The van der Waals surface area contributed by atoms with E-state index in [1.165, 1.54) is 11.8 Å². The first-order chi connectivity index (χ1) is 5.59. The van der Waals surface area contributed by atoms with E-state index in [1.807, 2.05) is 0 Å². The molecule has 0 aliphatic heterocycles. The summed E-state index contributed by atoms with van der Waals surface area (Å²) >= 11 is 1.17. The predicted molar refractivity (Wildman–Crippen MR) is 44.1 cm³/mol. The molecule has 6 heteroatoms. The van der Waals surface area contributed by atoms with E-state index < -0.39 is 5.97 Å². The SMILES string of the molecule is Cc1nc(SCC(=O)O)n(C)n1. The minimum atomic E-state index is -0.847. The summed E-state index contributed by atoms with van der Waals surface area (Å²) in [6.45, 7) is 1.77. The fraction of sp³-hybridized carbons (Fsp3) is 0.500. The number of carbonyl (C=O) groups is 1. The average Bonchev–Trinajstić information content (AvgIpc) is 2.26. The summed E-state index contributed by atoms with van der Waals surface area (Å²) in [5.74, 6) is -0.169. The van der Waals surface area contributed by atoms with Gasteiger partial charge in [-0.1, -0.05) is 11.8 Å². The van der Waals surface area contributed by atoms with Crippen molar-refractivity contribution in [3.63, 3.8) is 0 Å². The van der Waals surface area contributed by atoms with Crippen molar-refractivity contribution in [2.24, 2.45) is 7.05 Å². The molecule has 0 amide bonds. The Kier molecular flexibility index (Phi) is 2.69. The quantitative estimate of drug-likeness (QED) is 0.689. The smallest absolute Gasteiger partial charge is 0.313 e. The molecule has 1 heterocycles. The monoisotopic (exact) mass is 187 g/mol. The summed E-state index contributed by atoms with van der Waals surface area (Å²) in [5.41, 5.74) is 0. The molecule has 0 unspecified atom stereocenters. The number of hydrogen-bond acceptors (Lipinski definition) is 4. The molecule has 0 aliphatic carbocycles. The van der Waals surface area contributed by atoms with E-state index in [9.17, 15) is 4.79 Å². The molecule has 1 aromatic rings. The second-order valence-corrected chi connectivity index (χ2v) is 3.19. The maximum Gasteiger partial charge on any atom is 0.313 e. The van der Waals surface area contributed by atoms with Crippen molar-refractivity contribution < 1.29 is 9.90 Å². The number of aromatic nitrogens is 3. The van der Waals surface area contributed by atoms with Crippen LogP contribution in [0.5, 0.6) is 0 Å². The molecular formula is C6H9N3O2S. The van der Waals surface area contributed by atoms with Crippen LogP contribution < -0.4 is 0 Å². The van der Waals surface area contributed by atoms with Crippen LogP contribution in [0.3, 0.4) is 0 Å². The molecule has 1 aromatic heterocycles. The summed E-state index contributed by atoms with van der Waals surface area (Å²) in [4.78, 5) is 14.2. The largest absolute Gasteiger partial charge is 0.481 e. The van der Waals surface area contributed by atoms with Crippen LogP contribution in [0.1, 0.15) is 5.82 Å². The molecule has 0 atom stereocenters. The lowest BCUT2D eigenvalue weighted by Gasteiger charge is -1.94. The van der Waals surface area contributed by atoms with Crippen LogP contribution in [-0.4, -0.2) is 31.6 Å². The Morgan fingerprint density at radius 3 is 2.83 bits per heavy atom. The van der Waals surface area contributed by atoms with Gasteiger partial charge in [0.05, 0.1) is 5.75 Å². The van der Waals surface area contributed by atoms with Gasteiger partial charge in [-0.2, -0.15) is 5.10 Å². The van der Waals surface area contributed by atoms with Crippen LogP contribution in [0.2, 0.25) is 0 Å². The topological polar surface area (TPSA) is 68.0 Å². The fourth-order valence-electron chi connectivity index (χ4n) is 0.745. The number of aliphatic carboxylic acids is 1. The number of hydrogen-bond donors (Lipinski definition) is 1. The van der Waals surface area contributed by atoms with Crippen LogP contribution in [0.25, 0.3) is 0 Å². The molecule has 0 saturated heterocycles. The van der Waals surface area contributed by atoms with Gasteiger partial charge in [0, 0.05) is 7.05 Å². The van der Waals surface area contributed by atoms with Gasteiger partial charge in [0.2, 0.25) is 0 Å². The normalized spacial score (nSPS) is 10.2. The first kappa shape index (κ1) is 9.05. The van der Waals surface area contributed by atoms with Gasteiger partial charge >= 0.3 is 5.97 Å². The Morgan fingerprint density at radius 2 is 2.42 bits per heavy atom. The van der Waals surface area contributed by atoms with Crippen LogP contribution in [-0.2, 0) is 11.8 Å². The van der Waals surface area contributed by atoms with Crippen molar-refractivity contribution in [2.45, 2.75) is 12.1 Å². The van der Waals surface area contributed by atoms with Gasteiger partial charge < -0.3 is 5.11 Å². The van der Waals surface area contributed by atoms with Crippen molar-refractivity contribution in [1.82, 2.24) is 14.8 Å². The molecule has 0 spiro atoms. The van der Waals surface area contributed by atoms with Gasteiger partial charge in [-0.05, 0) is 6.92 Å². The van der Waals surface area contributed by atoms with E-state index in [1.54, 1.807) is 18.7 Å². The number of carboxylic acid groups (broad SMARTS) is 1. The van der Waals surface area contributed by atoms with Crippen LogP contribution >= 0.6 is 11.8 Å². The maximum absolute atomic E-state index is 10.2. The Hall–Kier alpha value is -1.04. The Bertz CT molecular complexity index is 297. The molecule has 1 rings (SSSR count). The second-order valence-electron chi connectivity index (χ2n) is 2.25. The number of nitrogens with zero attached hydrogens (tertiary/aromatic N) is 3. The highest BCUT2D eigenvalue weighted by molar-refractivity contribution is 7.99. The van der Waals surface area contributed by atoms with Gasteiger partial charge in [-0.25, -0.2) is 9.67 Å². The van der Waals surface area contributed by atoms with Crippen LogP contribution in [0.4, 0.5) is 0 Å². The molecule has 0 saturated carbocycles. The lowest BCUT2D eigenvalue weighted by Crippen LogP contribution is -2.00. The van der Waals surface area contributed by atoms with Crippen molar-refractivity contribution >= 4 is 17.7 Å². The van der Waals surface area contributed by atoms with Gasteiger partial charge in [-0.15, -0.1) is 0 Å². The molecule has 5 nitrogen and oxygen atoms in total. The number of aryl methyl sites for hydroxylation is 2. The predicted octanol–water partition coefficient (Wildman–Crippen LogP) is 0.300. The Morgan fingerprint density at radius 1 is 1.75 bits per heavy atom. The molecule has 0 bridgehead atoms. The standard InChI is InChI=1S/C6H9N3O2S/c1-4-7-6(9(2)8-4)12-3-5(10)11/h3H2,1-2H3,(H,10,11). The third-order valence-electron chi connectivity index (χ3n) is 1.15. The third-order valence-corrected chi connectivity index (χ3v) is 2.16. The molecule has 1 N–H and O–H groups in total. The summed E-state index contributed by atoms with van der Waals surface area (Å²) in [5, 5.41) is 13.0. The minimum Gasteiger partial charge on any atom is -0.481 e. The molecule has 0 radical (unpaired) electrons. The number of thioether (sulfide) groups is 1.